The van der Waals surface area contributed by atoms with Crippen LogP contribution in [-0.4, -0.2) is 86.6 Å². The summed E-state index contributed by atoms with van der Waals surface area (Å²) >= 11 is 0. The average Bonchev–Trinajstić information content (AvgIpc) is 2.77. The molecule has 8 heteroatoms. The SMILES string of the molecule is CCNC(=NCc1ccc(N2CCOC(C)C2)nc1)NCC(C)(C)N1CCOCC1. The van der Waals surface area contributed by atoms with Crippen molar-refractivity contribution >= 4 is 11.8 Å². The largest absolute Gasteiger partial charge is 0.379 e. The van der Waals surface area contributed by atoms with E-state index in [-0.39, 0.29) is 11.6 Å². The van der Waals surface area contributed by atoms with Crippen LogP contribution in [0.2, 0.25) is 0 Å². The number of nitrogens with zero attached hydrogens (tertiary/aromatic N) is 4. The van der Waals surface area contributed by atoms with Crippen LogP contribution in [0.4, 0.5) is 5.82 Å². The predicted molar refractivity (Wildman–Crippen MR) is 121 cm³/mol. The van der Waals surface area contributed by atoms with Crippen molar-refractivity contribution in [1.29, 1.82) is 0 Å². The van der Waals surface area contributed by atoms with Gasteiger partial charge in [-0.15, -0.1) is 0 Å². The first-order chi connectivity index (χ1) is 14.5. The molecule has 2 aliphatic rings. The molecule has 0 amide bonds. The van der Waals surface area contributed by atoms with E-state index in [1.165, 1.54) is 0 Å². The number of morpholine rings is 2. The first-order valence-electron chi connectivity index (χ1n) is 11.1. The Labute approximate surface area is 181 Å². The van der Waals surface area contributed by atoms with E-state index in [2.05, 4.69) is 65.2 Å². The molecular weight excluding hydrogens is 380 g/mol. The summed E-state index contributed by atoms with van der Waals surface area (Å²) in [6, 6.07) is 4.21. The first kappa shape index (κ1) is 22.8. The van der Waals surface area contributed by atoms with Gasteiger partial charge in [-0.3, -0.25) is 4.90 Å². The zero-order valence-corrected chi connectivity index (χ0v) is 19.0. The Morgan fingerprint density at radius 1 is 1.20 bits per heavy atom. The summed E-state index contributed by atoms with van der Waals surface area (Å²) in [5.74, 6) is 1.85. The van der Waals surface area contributed by atoms with Crippen LogP contribution in [0.3, 0.4) is 0 Å². The molecule has 0 aromatic carbocycles. The average molecular weight is 419 g/mol. The Bertz CT molecular complexity index is 673. The van der Waals surface area contributed by atoms with E-state index < -0.39 is 0 Å². The lowest BCUT2D eigenvalue weighted by molar-refractivity contribution is -0.00834. The van der Waals surface area contributed by atoms with Crippen molar-refractivity contribution in [2.24, 2.45) is 4.99 Å². The highest BCUT2D eigenvalue weighted by Crippen LogP contribution is 2.16. The van der Waals surface area contributed by atoms with Gasteiger partial charge >= 0.3 is 0 Å². The minimum atomic E-state index is 0.0401. The van der Waals surface area contributed by atoms with Crippen LogP contribution >= 0.6 is 0 Å². The summed E-state index contributed by atoms with van der Waals surface area (Å²) in [7, 11) is 0. The van der Waals surface area contributed by atoms with E-state index in [1.807, 2.05) is 6.20 Å². The van der Waals surface area contributed by atoms with E-state index in [4.69, 9.17) is 14.5 Å². The molecule has 8 nitrogen and oxygen atoms in total. The molecule has 0 radical (unpaired) electrons. The van der Waals surface area contributed by atoms with Gasteiger partial charge in [-0.1, -0.05) is 6.07 Å². The highest BCUT2D eigenvalue weighted by molar-refractivity contribution is 5.79. The molecule has 0 aliphatic carbocycles. The minimum absolute atomic E-state index is 0.0401. The molecular formula is C22H38N6O2. The molecule has 0 saturated carbocycles. The van der Waals surface area contributed by atoms with Crippen molar-refractivity contribution < 1.29 is 9.47 Å². The Kier molecular flexibility index (Phi) is 8.30. The van der Waals surface area contributed by atoms with Gasteiger partial charge in [0.25, 0.3) is 0 Å². The number of ether oxygens (including phenoxy) is 2. The number of hydrogen-bond acceptors (Lipinski definition) is 6. The van der Waals surface area contributed by atoms with Gasteiger partial charge in [0.05, 0.1) is 32.5 Å². The molecule has 1 aromatic heterocycles. The molecule has 2 saturated heterocycles. The minimum Gasteiger partial charge on any atom is -0.379 e. The van der Waals surface area contributed by atoms with Crippen LogP contribution in [0, 0.1) is 0 Å². The number of aromatic nitrogens is 1. The third-order valence-corrected chi connectivity index (χ3v) is 5.69. The quantitative estimate of drug-likeness (QED) is 0.513. The number of anilines is 1. The molecule has 168 valence electrons. The number of nitrogens with one attached hydrogen (secondary N) is 2. The molecule has 2 N–H and O–H groups in total. The van der Waals surface area contributed by atoms with Crippen molar-refractivity contribution in [3.63, 3.8) is 0 Å². The predicted octanol–water partition coefficient (Wildman–Crippen LogP) is 1.47. The zero-order chi connectivity index (χ0) is 21.4. The number of rotatable bonds is 7. The molecule has 0 bridgehead atoms. The summed E-state index contributed by atoms with van der Waals surface area (Å²) in [4.78, 5) is 14.2. The van der Waals surface area contributed by atoms with Gasteiger partial charge < -0.3 is 25.0 Å². The van der Waals surface area contributed by atoms with Crippen LogP contribution in [0.1, 0.15) is 33.3 Å². The molecule has 30 heavy (non-hydrogen) atoms. The Morgan fingerprint density at radius 2 is 2.00 bits per heavy atom. The van der Waals surface area contributed by atoms with Gasteiger partial charge in [0, 0.05) is 51.0 Å². The lowest BCUT2D eigenvalue weighted by Crippen LogP contribution is -2.56. The maximum atomic E-state index is 5.62. The van der Waals surface area contributed by atoms with Crippen LogP contribution in [0.5, 0.6) is 0 Å². The Balaban J connectivity index is 1.54. The maximum absolute atomic E-state index is 5.62. The van der Waals surface area contributed by atoms with E-state index >= 15 is 0 Å². The summed E-state index contributed by atoms with van der Waals surface area (Å²) in [5.41, 5.74) is 1.14. The van der Waals surface area contributed by atoms with Gasteiger partial charge in [0.15, 0.2) is 5.96 Å². The number of guanidine groups is 1. The van der Waals surface area contributed by atoms with Gasteiger partial charge in [0.2, 0.25) is 0 Å². The third-order valence-electron chi connectivity index (χ3n) is 5.69. The van der Waals surface area contributed by atoms with Crippen molar-refractivity contribution in [3.05, 3.63) is 23.9 Å². The van der Waals surface area contributed by atoms with Crippen LogP contribution in [0.15, 0.2) is 23.3 Å². The van der Waals surface area contributed by atoms with Crippen LogP contribution in [-0.2, 0) is 16.0 Å². The first-order valence-corrected chi connectivity index (χ1v) is 11.1. The van der Waals surface area contributed by atoms with Gasteiger partial charge in [-0.05, 0) is 39.3 Å². The van der Waals surface area contributed by atoms with Gasteiger partial charge in [-0.2, -0.15) is 0 Å². The summed E-state index contributed by atoms with van der Waals surface area (Å²) in [6.45, 7) is 17.1. The standard InChI is InChI=1S/C22H38N6O2/c1-5-23-21(26-17-22(3,4)28-9-11-29-12-10-28)25-15-19-6-7-20(24-14-19)27-8-13-30-18(2)16-27/h6-7,14,18H,5,8-13,15-17H2,1-4H3,(H2,23,25,26). The van der Waals surface area contributed by atoms with Crippen molar-refractivity contribution in [2.75, 3.05) is 64.0 Å². The Morgan fingerprint density at radius 3 is 2.67 bits per heavy atom. The topological polar surface area (TPSA) is 74.2 Å². The highest BCUT2D eigenvalue weighted by Gasteiger charge is 2.28. The van der Waals surface area contributed by atoms with E-state index in [0.29, 0.717) is 6.54 Å². The summed E-state index contributed by atoms with van der Waals surface area (Å²) in [6.07, 6.45) is 2.18. The second-order valence-corrected chi connectivity index (χ2v) is 8.61. The Hall–Kier alpha value is -1.90. The van der Waals surface area contributed by atoms with Crippen LogP contribution in [0.25, 0.3) is 0 Å². The molecule has 1 aromatic rings. The normalized spacial score (nSPS) is 21.5. The molecule has 3 heterocycles. The highest BCUT2D eigenvalue weighted by atomic mass is 16.5. The molecule has 2 fully saturated rings. The van der Waals surface area contributed by atoms with Crippen LogP contribution < -0.4 is 15.5 Å². The summed E-state index contributed by atoms with van der Waals surface area (Å²) < 4.78 is 11.1. The lowest BCUT2D eigenvalue weighted by atomic mass is 10.0. The number of aliphatic imine (C=N–C) groups is 1. The number of hydrogen-bond donors (Lipinski definition) is 2. The third kappa shape index (κ3) is 6.55. The fourth-order valence-corrected chi connectivity index (χ4v) is 3.82. The lowest BCUT2D eigenvalue weighted by Gasteiger charge is -2.41. The van der Waals surface area contributed by atoms with Crippen molar-refractivity contribution in [1.82, 2.24) is 20.5 Å². The molecule has 1 atom stereocenters. The van der Waals surface area contributed by atoms with Crippen molar-refractivity contribution in [3.8, 4) is 0 Å². The molecule has 3 rings (SSSR count). The smallest absolute Gasteiger partial charge is 0.191 e. The van der Waals surface area contributed by atoms with Gasteiger partial charge in [-0.25, -0.2) is 9.98 Å². The summed E-state index contributed by atoms with van der Waals surface area (Å²) in [5, 5.41) is 6.86. The van der Waals surface area contributed by atoms with E-state index in [9.17, 15) is 0 Å². The fraction of sp³-hybridized carbons (Fsp3) is 0.727. The van der Waals surface area contributed by atoms with Gasteiger partial charge in [0.1, 0.15) is 5.82 Å². The molecule has 1 unspecified atom stereocenters. The van der Waals surface area contributed by atoms with E-state index in [1.54, 1.807) is 0 Å². The maximum Gasteiger partial charge on any atom is 0.191 e. The number of pyridine rings is 1. The van der Waals surface area contributed by atoms with E-state index in [0.717, 1.165) is 76.4 Å². The monoisotopic (exact) mass is 418 g/mol. The molecule has 0 spiro atoms. The fourth-order valence-electron chi connectivity index (χ4n) is 3.82. The second kappa shape index (κ2) is 10.9. The van der Waals surface area contributed by atoms with Crippen molar-refractivity contribution in [2.45, 2.75) is 45.9 Å². The second-order valence-electron chi connectivity index (χ2n) is 8.61. The molecule has 2 aliphatic heterocycles. The zero-order valence-electron chi connectivity index (χ0n) is 19.0.